The van der Waals surface area contributed by atoms with Crippen LogP contribution in [0.1, 0.15) is 34.1 Å². The lowest BCUT2D eigenvalue weighted by atomic mass is 9.88. The summed E-state index contributed by atoms with van der Waals surface area (Å²) < 4.78 is 39.5. The maximum atomic E-state index is 12.9. The van der Waals surface area contributed by atoms with Crippen LogP contribution in [-0.2, 0) is 14.3 Å². The lowest BCUT2D eigenvalue weighted by Gasteiger charge is -2.32. The van der Waals surface area contributed by atoms with Gasteiger partial charge in [0.2, 0.25) is 0 Å². The quantitative estimate of drug-likeness (QED) is 0.590. The SMILES string of the molecule is C[C@@H](CNc1ccc(OC(F)F)cc1)NC(=O)OC(CC(C)(C)C)C(=O)N1CCOCC1. The molecule has 1 aromatic carbocycles. The summed E-state index contributed by atoms with van der Waals surface area (Å²) in [5, 5.41) is 5.81. The number of benzene rings is 1. The second-order valence-corrected chi connectivity index (χ2v) is 8.93. The van der Waals surface area contributed by atoms with Crippen molar-refractivity contribution in [2.24, 2.45) is 5.41 Å². The fraction of sp³-hybridized carbons (Fsp3) is 0.636. The van der Waals surface area contributed by atoms with Crippen molar-refractivity contribution < 1.29 is 32.6 Å². The molecule has 0 saturated carbocycles. The average Bonchev–Trinajstić information content (AvgIpc) is 2.71. The minimum atomic E-state index is -2.87. The molecular weight excluding hydrogens is 424 g/mol. The topological polar surface area (TPSA) is 89.1 Å². The molecule has 32 heavy (non-hydrogen) atoms. The van der Waals surface area contributed by atoms with Crippen molar-refractivity contribution in [3.63, 3.8) is 0 Å². The summed E-state index contributed by atoms with van der Waals surface area (Å²) in [6.45, 7) is 7.12. The highest BCUT2D eigenvalue weighted by atomic mass is 19.3. The van der Waals surface area contributed by atoms with Gasteiger partial charge in [-0.15, -0.1) is 0 Å². The summed E-state index contributed by atoms with van der Waals surface area (Å²) in [6.07, 6.45) is -1.15. The Bertz CT molecular complexity index is 734. The number of hydrogen-bond acceptors (Lipinski definition) is 6. The molecule has 0 aromatic heterocycles. The lowest BCUT2D eigenvalue weighted by molar-refractivity contribution is -0.146. The Morgan fingerprint density at radius 2 is 1.78 bits per heavy atom. The first-order valence-electron chi connectivity index (χ1n) is 10.7. The van der Waals surface area contributed by atoms with Crippen LogP contribution in [0.4, 0.5) is 19.3 Å². The summed E-state index contributed by atoms with van der Waals surface area (Å²) in [6, 6.07) is 5.74. The first-order valence-corrected chi connectivity index (χ1v) is 10.7. The van der Waals surface area contributed by atoms with Gasteiger partial charge >= 0.3 is 12.7 Å². The number of morpholine rings is 1. The van der Waals surface area contributed by atoms with Crippen LogP contribution < -0.4 is 15.4 Å². The van der Waals surface area contributed by atoms with Gasteiger partial charge in [0.25, 0.3) is 5.91 Å². The molecule has 0 radical (unpaired) electrons. The molecule has 2 rings (SSSR count). The van der Waals surface area contributed by atoms with Gasteiger partial charge in [-0.25, -0.2) is 4.79 Å². The molecule has 2 N–H and O–H groups in total. The summed E-state index contributed by atoms with van der Waals surface area (Å²) in [7, 11) is 0. The van der Waals surface area contributed by atoms with Crippen LogP contribution in [-0.4, -0.2) is 68.5 Å². The van der Waals surface area contributed by atoms with Crippen LogP contribution in [0, 0.1) is 5.41 Å². The van der Waals surface area contributed by atoms with Gasteiger partial charge in [-0.1, -0.05) is 20.8 Å². The van der Waals surface area contributed by atoms with Gasteiger partial charge in [0.05, 0.1) is 13.2 Å². The van der Waals surface area contributed by atoms with E-state index in [2.05, 4.69) is 15.4 Å². The molecule has 1 aromatic rings. The predicted octanol–water partition coefficient (Wildman–Crippen LogP) is 3.48. The van der Waals surface area contributed by atoms with Gasteiger partial charge in [0.15, 0.2) is 6.10 Å². The van der Waals surface area contributed by atoms with Gasteiger partial charge in [-0.2, -0.15) is 8.78 Å². The molecule has 0 spiro atoms. The van der Waals surface area contributed by atoms with Crippen LogP contribution in [0.15, 0.2) is 24.3 Å². The van der Waals surface area contributed by atoms with E-state index in [1.54, 1.807) is 24.0 Å². The first-order chi connectivity index (χ1) is 15.0. The van der Waals surface area contributed by atoms with E-state index in [1.807, 2.05) is 20.8 Å². The molecule has 1 unspecified atom stereocenters. The predicted molar refractivity (Wildman–Crippen MR) is 116 cm³/mol. The molecule has 0 aliphatic carbocycles. The number of nitrogens with zero attached hydrogens (tertiary/aromatic N) is 1. The van der Waals surface area contributed by atoms with Gasteiger partial charge in [0, 0.05) is 31.4 Å². The molecule has 1 saturated heterocycles. The number of rotatable bonds is 9. The fourth-order valence-corrected chi connectivity index (χ4v) is 3.16. The minimum absolute atomic E-state index is 0.0649. The number of carbonyl (C=O) groups excluding carboxylic acids is 2. The van der Waals surface area contributed by atoms with Crippen molar-refractivity contribution in [2.45, 2.75) is 52.9 Å². The number of carbonyl (C=O) groups is 2. The highest BCUT2D eigenvalue weighted by molar-refractivity contribution is 5.83. The smallest absolute Gasteiger partial charge is 0.408 e. The molecule has 0 bridgehead atoms. The number of ether oxygens (including phenoxy) is 3. The van der Waals surface area contributed by atoms with E-state index >= 15 is 0 Å². The maximum absolute atomic E-state index is 12.9. The Morgan fingerprint density at radius 3 is 2.34 bits per heavy atom. The zero-order valence-electron chi connectivity index (χ0n) is 19.0. The molecule has 8 nitrogen and oxygen atoms in total. The third-order valence-corrected chi connectivity index (χ3v) is 4.70. The Labute approximate surface area is 187 Å². The average molecular weight is 458 g/mol. The molecule has 180 valence electrons. The van der Waals surface area contributed by atoms with E-state index in [0.717, 1.165) is 0 Å². The van der Waals surface area contributed by atoms with Crippen molar-refractivity contribution in [1.29, 1.82) is 0 Å². The number of amides is 2. The number of nitrogens with one attached hydrogen (secondary N) is 2. The van der Waals surface area contributed by atoms with Crippen LogP contribution in [0.3, 0.4) is 0 Å². The van der Waals surface area contributed by atoms with E-state index in [4.69, 9.17) is 9.47 Å². The number of alkyl carbamates (subject to hydrolysis) is 1. The minimum Gasteiger partial charge on any atom is -0.436 e. The van der Waals surface area contributed by atoms with Gasteiger partial charge < -0.3 is 29.7 Å². The third-order valence-electron chi connectivity index (χ3n) is 4.70. The standard InChI is InChI=1S/C22H33F2N3O5/c1-15(14-25-16-5-7-17(8-6-16)31-20(23)24)26-21(29)32-18(13-22(2,3)4)19(28)27-9-11-30-12-10-27/h5-8,15,18,20,25H,9-14H2,1-4H3,(H,26,29)/t15-,18?/m0/s1. The molecular formula is C22H33F2N3O5. The Morgan fingerprint density at radius 1 is 1.16 bits per heavy atom. The van der Waals surface area contributed by atoms with Crippen molar-refractivity contribution in [3.8, 4) is 5.75 Å². The Hall–Kier alpha value is -2.62. The summed E-state index contributed by atoms with van der Waals surface area (Å²) in [5.41, 5.74) is 0.474. The number of alkyl halides is 2. The number of anilines is 1. The zero-order valence-corrected chi connectivity index (χ0v) is 19.0. The fourth-order valence-electron chi connectivity index (χ4n) is 3.16. The van der Waals surface area contributed by atoms with Crippen molar-refractivity contribution in [3.05, 3.63) is 24.3 Å². The zero-order chi connectivity index (χ0) is 23.7. The second kappa shape index (κ2) is 11.8. The molecule has 1 aliphatic rings. The van der Waals surface area contributed by atoms with Crippen LogP contribution in [0.2, 0.25) is 0 Å². The highest BCUT2D eigenvalue weighted by Crippen LogP contribution is 2.24. The summed E-state index contributed by atoms with van der Waals surface area (Å²) in [5.74, 6) is -0.148. The van der Waals surface area contributed by atoms with E-state index in [-0.39, 0.29) is 23.1 Å². The lowest BCUT2D eigenvalue weighted by Crippen LogP contribution is -2.49. The molecule has 1 aliphatic heterocycles. The monoisotopic (exact) mass is 457 g/mol. The number of hydrogen-bond donors (Lipinski definition) is 2. The van der Waals surface area contributed by atoms with Crippen LogP contribution >= 0.6 is 0 Å². The van der Waals surface area contributed by atoms with E-state index < -0.39 is 18.8 Å². The third kappa shape index (κ3) is 9.25. The number of halogens is 2. The van der Waals surface area contributed by atoms with Crippen LogP contribution in [0.5, 0.6) is 5.75 Å². The largest absolute Gasteiger partial charge is 0.436 e. The first kappa shape index (κ1) is 25.6. The molecule has 2 amide bonds. The van der Waals surface area contributed by atoms with Gasteiger partial charge in [0.1, 0.15) is 5.75 Å². The summed E-state index contributed by atoms with van der Waals surface area (Å²) >= 11 is 0. The molecule has 1 heterocycles. The Kier molecular flexibility index (Phi) is 9.49. The molecule has 1 fully saturated rings. The Balaban J connectivity index is 1.85. The summed E-state index contributed by atoms with van der Waals surface area (Å²) in [4.78, 5) is 27.0. The maximum Gasteiger partial charge on any atom is 0.408 e. The van der Waals surface area contributed by atoms with Crippen molar-refractivity contribution in [1.82, 2.24) is 10.2 Å². The van der Waals surface area contributed by atoms with E-state index in [9.17, 15) is 18.4 Å². The van der Waals surface area contributed by atoms with Crippen molar-refractivity contribution in [2.75, 3.05) is 38.2 Å². The molecule has 10 heteroatoms. The van der Waals surface area contributed by atoms with Crippen molar-refractivity contribution >= 4 is 17.7 Å². The van der Waals surface area contributed by atoms with Gasteiger partial charge in [-0.05, 0) is 43.0 Å². The van der Waals surface area contributed by atoms with E-state index in [0.29, 0.717) is 45.0 Å². The highest BCUT2D eigenvalue weighted by Gasteiger charge is 2.32. The molecule has 2 atom stereocenters. The van der Waals surface area contributed by atoms with E-state index in [1.165, 1.54) is 12.1 Å². The van der Waals surface area contributed by atoms with Crippen LogP contribution in [0.25, 0.3) is 0 Å². The van der Waals surface area contributed by atoms with Gasteiger partial charge in [-0.3, -0.25) is 4.79 Å². The normalized spacial score (nSPS) is 16.3. The second-order valence-electron chi connectivity index (χ2n) is 8.93.